The summed E-state index contributed by atoms with van der Waals surface area (Å²) in [6, 6.07) is 0. The predicted octanol–water partition coefficient (Wildman–Crippen LogP) is 0.287. The molecule has 0 aromatic rings. The molecule has 2 N–H and O–H groups in total. The molecule has 3 nitrogen and oxygen atoms in total. The first-order valence-corrected chi connectivity index (χ1v) is 4.60. The highest BCUT2D eigenvalue weighted by Gasteiger charge is 2.22. The molecule has 1 aliphatic carbocycles. The maximum Gasteiger partial charge on any atom is 0.232 e. The fraction of sp³-hybridized carbons (Fsp3) is 0.700. The second kappa shape index (κ2) is 4.88. The molecule has 1 rings (SSSR count). The molecule has 0 aromatic heterocycles. The van der Waals surface area contributed by atoms with Crippen LogP contribution in [-0.4, -0.2) is 23.7 Å². The van der Waals surface area contributed by atoms with Crippen LogP contribution in [0.25, 0.3) is 0 Å². The summed E-state index contributed by atoms with van der Waals surface area (Å²) in [6.45, 7) is 0.650. The van der Waals surface area contributed by atoms with Crippen LogP contribution >= 0.6 is 0 Å². The molecule has 1 fully saturated rings. The number of amides is 1. The third-order valence-corrected chi connectivity index (χ3v) is 2.36. The van der Waals surface area contributed by atoms with Gasteiger partial charge >= 0.3 is 0 Å². The van der Waals surface area contributed by atoms with Crippen molar-refractivity contribution < 1.29 is 9.90 Å². The zero-order valence-corrected chi connectivity index (χ0v) is 7.62. The molecule has 0 spiro atoms. The Kier molecular flexibility index (Phi) is 3.78. The maximum absolute atomic E-state index is 11.0. The van der Waals surface area contributed by atoms with Crippen LogP contribution in [0.2, 0.25) is 0 Å². The molecule has 72 valence electrons. The standard InChI is InChI=1S/C10H15NO2/c1-2-3-10(13)11-7-8-4-5-9(12)6-8/h1,8-9,12H,3-7H2,(H,11,13). The number of terminal acetylenes is 1. The van der Waals surface area contributed by atoms with Gasteiger partial charge in [0, 0.05) is 6.54 Å². The quantitative estimate of drug-likeness (QED) is 0.615. The molecule has 1 amide bonds. The van der Waals surface area contributed by atoms with Crippen LogP contribution in [0.5, 0.6) is 0 Å². The number of carbonyl (C=O) groups is 1. The van der Waals surface area contributed by atoms with Gasteiger partial charge in [-0.05, 0) is 25.2 Å². The van der Waals surface area contributed by atoms with Crippen LogP contribution in [0.4, 0.5) is 0 Å². The molecule has 0 aliphatic heterocycles. The molecule has 0 bridgehead atoms. The van der Waals surface area contributed by atoms with Gasteiger partial charge in [-0.15, -0.1) is 6.42 Å². The van der Waals surface area contributed by atoms with E-state index in [1.165, 1.54) is 0 Å². The van der Waals surface area contributed by atoms with Crippen molar-refractivity contribution in [2.45, 2.75) is 31.8 Å². The Hall–Kier alpha value is -1.01. The number of hydrogen-bond acceptors (Lipinski definition) is 2. The van der Waals surface area contributed by atoms with Gasteiger partial charge in [-0.2, -0.15) is 0 Å². The van der Waals surface area contributed by atoms with E-state index in [-0.39, 0.29) is 18.4 Å². The molecule has 0 heterocycles. The highest BCUT2D eigenvalue weighted by Crippen LogP contribution is 2.24. The van der Waals surface area contributed by atoms with Gasteiger partial charge in [0.15, 0.2) is 0 Å². The molecule has 0 radical (unpaired) electrons. The van der Waals surface area contributed by atoms with Gasteiger partial charge in [-0.3, -0.25) is 4.79 Å². The van der Waals surface area contributed by atoms with Crippen molar-refractivity contribution in [3.63, 3.8) is 0 Å². The first-order valence-electron chi connectivity index (χ1n) is 4.60. The summed E-state index contributed by atoms with van der Waals surface area (Å²) in [5.41, 5.74) is 0. The van der Waals surface area contributed by atoms with Crippen LogP contribution in [0.1, 0.15) is 25.7 Å². The summed E-state index contributed by atoms with van der Waals surface area (Å²) in [6.07, 6.45) is 7.62. The number of nitrogens with one attached hydrogen (secondary N) is 1. The zero-order chi connectivity index (χ0) is 9.68. The monoisotopic (exact) mass is 181 g/mol. The molecule has 2 unspecified atom stereocenters. The number of rotatable bonds is 3. The van der Waals surface area contributed by atoms with Gasteiger partial charge in [0.1, 0.15) is 0 Å². The normalized spacial score (nSPS) is 26.8. The fourth-order valence-electron chi connectivity index (χ4n) is 1.65. The highest BCUT2D eigenvalue weighted by molar-refractivity contribution is 5.78. The van der Waals surface area contributed by atoms with Crippen LogP contribution in [-0.2, 0) is 4.79 Å². The fourth-order valence-corrected chi connectivity index (χ4v) is 1.65. The average Bonchev–Trinajstić information content (AvgIpc) is 2.49. The van der Waals surface area contributed by atoms with E-state index in [2.05, 4.69) is 11.2 Å². The smallest absolute Gasteiger partial charge is 0.232 e. The zero-order valence-electron chi connectivity index (χ0n) is 7.62. The van der Waals surface area contributed by atoms with Crippen molar-refractivity contribution in [3.05, 3.63) is 0 Å². The number of carbonyl (C=O) groups excluding carboxylic acids is 1. The lowest BCUT2D eigenvalue weighted by atomic mass is 10.1. The maximum atomic E-state index is 11.0. The van der Waals surface area contributed by atoms with Gasteiger partial charge < -0.3 is 10.4 Å². The molecule has 0 aromatic carbocycles. The lowest BCUT2D eigenvalue weighted by Gasteiger charge is -2.09. The molecular formula is C10H15NO2. The van der Waals surface area contributed by atoms with Crippen LogP contribution < -0.4 is 5.32 Å². The average molecular weight is 181 g/mol. The van der Waals surface area contributed by atoms with Crippen LogP contribution in [0.3, 0.4) is 0 Å². The molecule has 13 heavy (non-hydrogen) atoms. The Morgan fingerprint density at radius 1 is 1.62 bits per heavy atom. The second-order valence-corrected chi connectivity index (χ2v) is 3.52. The van der Waals surface area contributed by atoms with Crippen molar-refractivity contribution in [1.29, 1.82) is 0 Å². The highest BCUT2D eigenvalue weighted by atomic mass is 16.3. The van der Waals surface area contributed by atoms with E-state index < -0.39 is 0 Å². The molecule has 2 atom stereocenters. The van der Waals surface area contributed by atoms with Gasteiger partial charge in [0.2, 0.25) is 5.91 Å². The van der Waals surface area contributed by atoms with Crippen molar-refractivity contribution in [3.8, 4) is 12.3 Å². The third-order valence-electron chi connectivity index (χ3n) is 2.36. The van der Waals surface area contributed by atoms with E-state index in [0.29, 0.717) is 12.5 Å². The van der Waals surface area contributed by atoms with E-state index in [1.807, 2.05) is 0 Å². The Labute approximate surface area is 78.5 Å². The summed E-state index contributed by atoms with van der Waals surface area (Å²) in [5, 5.41) is 12.0. The predicted molar refractivity (Wildman–Crippen MR) is 49.8 cm³/mol. The van der Waals surface area contributed by atoms with E-state index >= 15 is 0 Å². The molecule has 1 aliphatic rings. The Morgan fingerprint density at radius 3 is 2.92 bits per heavy atom. The summed E-state index contributed by atoms with van der Waals surface area (Å²) < 4.78 is 0. The largest absolute Gasteiger partial charge is 0.393 e. The Bertz CT molecular complexity index is 219. The minimum atomic E-state index is -0.172. The SMILES string of the molecule is C#CCC(=O)NCC1CCC(O)C1. The van der Waals surface area contributed by atoms with E-state index in [4.69, 9.17) is 6.42 Å². The van der Waals surface area contributed by atoms with Crippen molar-refractivity contribution >= 4 is 5.91 Å². The Balaban J connectivity index is 2.13. The van der Waals surface area contributed by atoms with Crippen LogP contribution in [0, 0.1) is 18.3 Å². The topological polar surface area (TPSA) is 49.3 Å². The summed E-state index contributed by atoms with van der Waals surface area (Å²) in [5.74, 6) is 2.62. The number of aliphatic hydroxyl groups is 1. The Morgan fingerprint density at radius 2 is 2.38 bits per heavy atom. The lowest BCUT2D eigenvalue weighted by molar-refractivity contribution is -0.120. The van der Waals surface area contributed by atoms with Gasteiger partial charge in [-0.1, -0.05) is 5.92 Å². The van der Waals surface area contributed by atoms with E-state index in [0.717, 1.165) is 19.3 Å². The van der Waals surface area contributed by atoms with Gasteiger partial charge in [0.05, 0.1) is 12.5 Å². The van der Waals surface area contributed by atoms with Gasteiger partial charge in [-0.25, -0.2) is 0 Å². The van der Waals surface area contributed by atoms with Crippen molar-refractivity contribution in [2.24, 2.45) is 5.92 Å². The molecule has 0 saturated heterocycles. The van der Waals surface area contributed by atoms with Crippen molar-refractivity contribution in [2.75, 3.05) is 6.54 Å². The lowest BCUT2D eigenvalue weighted by Crippen LogP contribution is -2.28. The molecule has 1 saturated carbocycles. The third kappa shape index (κ3) is 3.47. The number of aliphatic hydroxyl groups excluding tert-OH is 1. The summed E-state index contributed by atoms with van der Waals surface area (Å²) in [4.78, 5) is 11.0. The van der Waals surface area contributed by atoms with E-state index in [9.17, 15) is 9.90 Å². The number of hydrogen-bond donors (Lipinski definition) is 2. The molecular weight excluding hydrogens is 166 g/mol. The van der Waals surface area contributed by atoms with E-state index in [1.54, 1.807) is 0 Å². The minimum absolute atomic E-state index is 0.0936. The molecule has 3 heteroatoms. The minimum Gasteiger partial charge on any atom is -0.393 e. The van der Waals surface area contributed by atoms with Gasteiger partial charge in [0.25, 0.3) is 0 Å². The first kappa shape index (κ1) is 10.1. The summed E-state index contributed by atoms with van der Waals surface area (Å²) >= 11 is 0. The first-order chi connectivity index (χ1) is 6.22. The summed E-state index contributed by atoms with van der Waals surface area (Å²) in [7, 11) is 0. The van der Waals surface area contributed by atoms with Crippen LogP contribution in [0.15, 0.2) is 0 Å². The second-order valence-electron chi connectivity index (χ2n) is 3.52. The van der Waals surface area contributed by atoms with Crippen molar-refractivity contribution in [1.82, 2.24) is 5.32 Å².